The highest BCUT2D eigenvalue weighted by atomic mass is 32.2. The first kappa shape index (κ1) is 12.6. The van der Waals surface area contributed by atoms with E-state index in [1.807, 2.05) is 32.0 Å². The minimum atomic E-state index is -0.502. The Morgan fingerprint density at radius 3 is 2.50 bits per heavy atom. The van der Waals surface area contributed by atoms with Crippen molar-refractivity contribution in [2.75, 3.05) is 0 Å². The quantitative estimate of drug-likeness (QED) is 0.776. The normalized spacial score (nSPS) is 9.69. The molecule has 1 aromatic rings. The summed E-state index contributed by atoms with van der Waals surface area (Å²) >= 11 is 1.19. The third kappa shape index (κ3) is 3.94. The first-order valence-corrected chi connectivity index (χ1v) is 5.62. The fraction of sp³-hybridized carbons (Fsp3) is 0.273. The van der Waals surface area contributed by atoms with Gasteiger partial charge >= 0.3 is 6.03 Å². The highest BCUT2D eigenvalue weighted by molar-refractivity contribution is 7.98. The third-order valence-corrected chi connectivity index (χ3v) is 2.84. The molecule has 0 aliphatic carbocycles. The highest BCUT2D eigenvalue weighted by Gasteiger charge is 2.04. The van der Waals surface area contributed by atoms with E-state index in [2.05, 4.69) is 10.0 Å². The maximum atomic E-state index is 11.1. The maximum absolute atomic E-state index is 11.1. The summed E-state index contributed by atoms with van der Waals surface area (Å²) in [6.07, 6.45) is 0. The van der Waals surface area contributed by atoms with Crippen LogP contribution in [0, 0.1) is 13.8 Å². The largest absolute Gasteiger partial charge is 0.331 e. The molecule has 0 radical (unpaired) electrons. The molecule has 2 N–H and O–H groups in total. The van der Waals surface area contributed by atoms with Gasteiger partial charge in [0.25, 0.3) is 0 Å². The average Bonchev–Trinajstić information content (AvgIpc) is 2.15. The van der Waals surface area contributed by atoms with Gasteiger partial charge in [-0.05, 0) is 37.4 Å². The van der Waals surface area contributed by atoms with Gasteiger partial charge < -0.3 is 0 Å². The maximum Gasteiger partial charge on any atom is 0.331 e. The zero-order valence-corrected chi connectivity index (χ0v) is 10.3. The Hall–Kier alpha value is -1.49. The van der Waals surface area contributed by atoms with Gasteiger partial charge in [-0.15, -0.1) is 0 Å². The standard InChI is InChI=1S/C11H14N2O2S/c1-7-4-5-10(8(2)6-7)16-13-11(15)12-9(3)14/h4-6H,1-3H3,(H2,12,13,14,15). The van der Waals surface area contributed by atoms with Crippen molar-refractivity contribution in [3.05, 3.63) is 29.3 Å². The molecule has 16 heavy (non-hydrogen) atoms. The lowest BCUT2D eigenvalue weighted by atomic mass is 10.2. The van der Waals surface area contributed by atoms with E-state index in [4.69, 9.17) is 0 Å². The number of hydrogen-bond acceptors (Lipinski definition) is 3. The molecule has 86 valence electrons. The first-order valence-electron chi connectivity index (χ1n) is 4.80. The van der Waals surface area contributed by atoms with E-state index < -0.39 is 6.03 Å². The van der Waals surface area contributed by atoms with Crippen LogP contribution in [0.25, 0.3) is 0 Å². The Morgan fingerprint density at radius 1 is 1.25 bits per heavy atom. The number of carbonyl (C=O) groups excluding carboxylic acids is 2. The van der Waals surface area contributed by atoms with Gasteiger partial charge in [0, 0.05) is 11.8 Å². The van der Waals surface area contributed by atoms with Crippen LogP contribution in [0.2, 0.25) is 0 Å². The van der Waals surface area contributed by atoms with Gasteiger partial charge in [0.05, 0.1) is 0 Å². The van der Waals surface area contributed by atoms with Crippen molar-refractivity contribution in [2.24, 2.45) is 0 Å². The van der Waals surface area contributed by atoms with Crippen LogP contribution in [0.5, 0.6) is 0 Å². The molecule has 0 bridgehead atoms. The van der Waals surface area contributed by atoms with Crippen molar-refractivity contribution in [3.8, 4) is 0 Å². The van der Waals surface area contributed by atoms with Gasteiger partial charge in [0.1, 0.15) is 0 Å². The predicted molar refractivity (Wildman–Crippen MR) is 64.1 cm³/mol. The molecule has 0 saturated heterocycles. The summed E-state index contributed by atoms with van der Waals surface area (Å²) in [5, 5.41) is 2.13. The van der Waals surface area contributed by atoms with Crippen LogP contribution in [-0.2, 0) is 4.79 Å². The lowest BCUT2D eigenvalue weighted by Crippen LogP contribution is -2.34. The summed E-state index contributed by atoms with van der Waals surface area (Å²) in [5.74, 6) is -0.376. The average molecular weight is 238 g/mol. The van der Waals surface area contributed by atoms with Crippen molar-refractivity contribution in [1.82, 2.24) is 10.0 Å². The zero-order valence-electron chi connectivity index (χ0n) is 9.46. The number of rotatable bonds is 2. The molecule has 0 atom stereocenters. The molecule has 3 amide bonds. The second kappa shape index (κ2) is 5.55. The van der Waals surface area contributed by atoms with Gasteiger partial charge in [0.2, 0.25) is 5.91 Å². The van der Waals surface area contributed by atoms with E-state index in [0.29, 0.717) is 0 Å². The Kier molecular flexibility index (Phi) is 4.37. The van der Waals surface area contributed by atoms with E-state index in [9.17, 15) is 9.59 Å². The van der Waals surface area contributed by atoms with Crippen molar-refractivity contribution in [2.45, 2.75) is 25.7 Å². The molecule has 1 aromatic carbocycles. The Balaban J connectivity index is 2.54. The van der Waals surface area contributed by atoms with Crippen LogP contribution in [0.4, 0.5) is 4.79 Å². The van der Waals surface area contributed by atoms with Crippen LogP contribution in [-0.4, -0.2) is 11.9 Å². The predicted octanol–water partition coefficient (Wildman–Crippen LogP) is 2.16. The molecular weight excluding hydrogens is 224 g/mol. The van der Waals surface area contributed by atoms with Gasteiger partial charge in [-0.25, -0.2) is 4.79 Å². The second-order valence-corrected chi connectivity index (χ2v) is 4.33. The highest BCUT2D eigenvalue weighted by Crippen LogP contribution is 2.20. The summed E-state index contributed by atoms with van der Waals surface area (Å²) in [5.41, 5.74) is 2.27. The summed E-state index contributed by atoms with van der Waals surface area (Å²) < 4.78 is 2.54. The van der Waals surface area contributed by atoms with E-state index >= 15 is 0 Å². The lowest BCUT2D eigenvalue weighted by Gasteiger charge is -2.07. The van der Waals surface area contributed by atoms with Crippen LogP contribution >= 0.6 is 11.9 Å². The van der Waals surface area contributed by atoms with Crippen molar-refractivity contribution >= 4 is 23.9 Å². The molecule has 0 saturated carbocycles. The van der Waals surface area contributed by atoms with E-state index in [1.54, 1.807) is 0 Å². The minimum absolute atomic E-state index is 0.376. The summed E-state index contributed by atoms with van der Waals surface area (Å²) in [6.45, 7) is 5.28. The number of nitrogens with one attached hydrogen (secondary N) is 2. The molecule has 0 aromatic heterocycles. The SMILES string of the molecule is CC(=O)NC(=O)NSc1ccc(C)cc1C. The molecule has 0 aliphatic rings. The topological polar surface area (TPSA) is 58.2 Å². The number of aryl methyl sites for hydroxylation is 2. The van der Waals surface area contributed by atoms with Gasteiger partial charge in [-0.1, -0.05) is 17.7 Å². The molecule has 0 unspecified atom stereocenters. The third-order valence-electron chi connectivity index (χ3n) is 1.87. The number of amides is 3. The monoisotopic (exact) mass is 238 g/mol. The molecule has 4 nitrogen and oxygen atoms in total. The van der Waals surface area contributed by atoms with E-state index in [-0.39, 0.29) is 5.91 Å². The smallest absolute Gasteiger partial charge is 0.278 e. The van der Waals surface area contributed by atoms with Crippen LogP contribution in [0.1, 0.15) is 18.1 Å². The van der Waals surface area contributed by atoms with Crippen LogP contribution in [0.15, 0.2) is 23.1 Å². The molecule has 0 spiro atoms. The summed E-state index contributed by atoms with van der Waals surface area (Å²) in [7, 11) is 0. The number of hydrogen-bond donors (Lipinski definition) is 2. The molecule has 0 heterocycles. The fourth-order valence-corrected chi connectivity index (χ4v) is 1.81. The lowest BCUT2D eigenvalue weighted by molar-refractivity contribution is -0.117. The van der Waals surface area contributed by atoms with Gasteiger partial charge in [-0.2, -0.15) is 0 Å². The number of urea groups is 1. The Bertz CT molecular complexity index is 418. The Morgan fingerprint density at radius 2 is 1.94 bits per heavy atom. The number of imide groups is 1. The molecule has 0 aliphatic heterocycles. The fourth-order valence-electron chi connectivity index (χ4n) is 1.20. The summed E-state index contributed by atoms with van der Waals surface area (Å²) in [6, 6.07) is 5.44. The van der Waals surface area contributed by atoms with Crippen molar-refractivity contribution in [1.29, 1.82) is 0 Å². The van der Waals surface area contributed by atoms with Crippen LogP contribution in [0.3, 0.4) is 0 Å². The van der Waals surface area contributed by atoms with Crippen molar-refractivity contribution < 1.29 is 9.59 Å². The summed E-state index contributed by atoms with van der Waals surface area (Å²) in [4.78, 5) is 22.7. The zero-order chi connectivity index (χ0) is 12.1. The molecular formula is C11H14N2O2S. The van der Waals surface area contributed by atoms with Crippen LogP contribution < -0.4 is 10.0 Å². The molecule has 1 rings (SSSR count). The second-order valence-electron chi connectivity index (χ2n) is 3.48. The van der Waals surface area contributed by atoms with E-state index in [0.717, 1.165) is 10.5 Å². The first-order chi connectivity index (χ1) is 7.49. The minimum Gasteiger partial charge on any atom is -0.278 e. The van der Waals surface area contributed by atoms with E-state index in [1.165, 1.54) is 24.4 Å². The van der Waals surface area contributed by atoms with Gasteiger partial charge in [-0.3, -0.25) is 14.8 Å². The number of carbonyl (C=O) groups is 2. The van der Waals surface area contributed by atoms with Crippen molar-refractivity contribution in [3.63, 3.8) is 0 Å². The van der Waals surface area contributed by atoms with Gasteiger partial charge in [0.15, 0.2) is 0 Å². The number of benzene rings is 1. The Labute approximate surface area is 98.9 Å². The molecule has 0 fully saturated rings. The molecule has 5 heteroatoms.